The third kappa shape index (κ3) is 4.08. The number of aliphatic hydroxyl groups is 1. The number of hydrogen-bond acceptors (Lipinski definition) is 7. The van der Waals surface area contributed by atoms with Gasteiger partial charge in [-0.3, -0.25) is 19.2 Å². The fourth-order valence-corrected chi connectivity index (χ4v) is 8.17. The number of carbonyl (C=O) groups is 4. The van der Waals surface area contributed by atoms with Crippen LogP contribution < -0.4 is 0 Å². The fraction of sp³-hybridized carbons (Fsp3) is 0.786. The average molecular weight is 489 g/mol. The molecule has 0 aliphatic heterocycles. The molecule has 7 atom stereocenters. The zero-order valence-corrected chi connectivity index (χ0v) is 21.6. The van der Waals surface area contributed by atoms with Crippen LogP contribution in [0.15, 0.2) is 11.6 Å². The number of aliphatic hydroxyl groups excluding tert-OH is 1. The quantitative estimate of drug-likeness (QED) is 0.538. The number of hydrogen-bond donors (Lipinski definition) is 1. The van der Waals surface area contributed by atoms with Gasteiger partial charge in [-0.05, 0) is 74.2 Å². The van der Waals surface area contributed by atoms with Crippen molar-refractivity contribution in [3.63, 3.8) is 0 Å². The number of ether oxygens (including phenoxy) is 2. The van der Waals surface area contributed by atoms with Crippen molar-refractivity contribution in [3.8, 4) is 0 Å². The van der Waals surface area contributed by atoms with Gasteiger partial charge in [0.2, 0.25) is 5.78 Å². The molecule has 7 heteroatoms. The van der Waals surface area contributed by atoms with E-state index in [2.05, 4.69) is 6.92 Å². The summed E-state index contributed by atoms with van der Waals surface area (Å²) in [7, 11) is 0. The Hall–Kier alpha value is -2.02. The van der Waals surface area contributed by atoms with Crippen LogP contribution in [0.4, 0.5) is 0 Å². The number of carbonyl (C=O) groups excluding carboxylic acids is 4. The number of allylic oxidation sites excluding steroid dienone is 1. The molecule has 0 unspecified atom stereocenters. The Bertz CT molecular complexity index is 938. The molecule has 0 saturated heterocycles. The van der Waals surface area contributed by atoms with Crippen LogP contribution in [0.5, 0.6) is 0 Å². The molecule has 0 radical (unpaired) electrons. The second-order valence-electron chi connectivity index (χ2n) is 11.6. The maximum atomic E-state index is 13.7. The van der Waals surface area contributed by atoms with Crippen molar-refractivity contribution in [1.29, 1.82) is 0 Å². The first-order valence-corrected chi connectivity index (χ1v) is 13.3. The average Bonchev–Trinajstić information content (AvgIpc) is 3.09. The lowest BCUT2D eigenvalue weighted by Gasteiger charge is -2.60. The van der Waals surface area contributed by atoms with Gasteiger partial charge in [-0.2, -0.15) is 0 Å². The van der Waals surface area contributed by atoms with Gasteiger partial charge in [0.15, 0.2) is 18.0 Å². The van der Waals surface area contributed by atoms with Crippen LogP contribution in [0.2, 0.25) is 0 Å². The van der Waals surface area contributed by atoms with E-state index in [9.17, 15) is 24.3 Å². The summed E-state index contributed by atoms with van der Waals surface area (Å²) in [5.74, 6) is -0.852. The minimum absolute atomic E-state index is 0.00356. The first-order valence-electron chi connectivity index (χ1n) is 13.3. The van der Waals surface area contributed by atoms with Crippen LogP contribution in [0.25, 0.3) is 0 Å². The van der Waals surface area contributed by atoms with Crippen LogP contribution in [-0.4, -0.2) is 46.9 Å². The topological polar surface area (TPSA) is 107 Å². The van der Waals surface area contributed by atoms with Gasteiger partial charge in [-0.15, -0.1) is 0 Å². The molecule has 3 saturated carbocycles. The number of Topliss-reactive ketones (excluding diaryl/α,β-unsaturated/α-hetero) is 1. The monoisotopic (exact) mass is 488 g/mol. The Labute approximate surface area is 208 Å². The molecule has 0 heterocycles. The normalized spacial score (nSPS) is 40.1. The van der Waals surface area contributed by atoms with Gasteiger partial charge in [-0.1, -0.05) is 33.3 Å². The molecule has 0 aromatic heterocycles. The van der Waals surface area contributed by atoms with Crippen molar-refractivity contribution in [2.75, 3.05) is 6.61 Å². The van der Waals surface area contributed by atoms with E-state index in [0.717, 1.165) is 24.8 Å². The van der Waals surface area contributed by atoms with Crippen molar-refractivity contribution in [1.82, 2.24) is 0 Å². The Morgan fingerprint density at radius 1 is 1.09 bits per heavy atom. The molecule has 0 amide bonds. The van der Waals surface area contributed by atoms with E-state index in [1.165, 1.54) is 0 Å². The van der Waals surface area contributed by atoms with Crippen molar-refractivity contribution in [3.05, 3.63) is 11.6 Å². The first kappa shape index (κ1) is 26.1. The Balaban J connectivity index is 1.70. The molecule has 0 aromatic rings. The van der Waals surface area contributed by atoms with Crippen LogP contribution in [0.1, 0.15) is 91.9 Å². The predicted molar refractivity (Wildman–Crippen MR) is 128 cm³/mol. The second-order valence-corrected chi connectivity index (χ2v) is 11.6. The predicted octanol–water partition coefficient (Wildman–Crippen LogP) is 4.09. The van der Waals surface area contributed by atoms with E-state index >= 15 is 0 Å². The lowest BCUT2D eigenvalue weighted by Crippen LogP contribution is -2.63. The van der Waals surface area contributed by atoms with Crippen LogP contribution in [-0.2, 0) is 28.7 Å². The lowest BCUT2D eigenvalue weighted by atomic mass is 9.45. The Morgan fingerprint density at radius 2 is 1.83 bits per heavy atom. The van der Waals surface area contributed by atoms with Crippen molar-refractivity contribution in [2.45, 2.75) is 104 Å². The van der Waals surface area contributed by atoms with Crippen LogP contribution in [0.3, 0.4) is 0 Å². The van der Waals surface area contributed by atoms with Gasteiger partial charge in [0.1, 0.15) is 0 Å². The largest absolute Gasteiger partial charge is 0.457 e. The van der Waals surface area contributed by atoms with E-state index < -0.39 is 35.7 Å². The van der Waals surface area contributed by atoms with E-state index in [1.54, 1.807) is 13.0 Å². The highest BCUT2D eigenvalue weighted by atomic mass is 16.6. The van der Waals surface area contributed by atoms with E-state index in [-0.39, 0.29) is 47.6 Å². The summed E-state index contributed by atoms with van der Waals surface area (Å²) in [6.07, 6.45) is 6.41. The van der Waals surface area contributed by atoms with Gasteiger partial charge < -0.3 is 14.6 Å². The number of fused-ring (bicyclic) bond motifs is 5. The molecule has 4 aliphatic rings. The summed E-state index contributed by atoms with van der Waals surface area (Å²) in [5.41, 5.74) is -1.25. The third-order valence-corrected chi connectivity index (χ3v) is 9.86. The molecular weight excluding hydrogens is 448 g/mol. The number of ketones is 2. The summed E-state index contributed by atoms with van der Waals surface area (Å²) in [6.45, 7) is 7.30. The van der Waals surface area contributed by atoms with Gasteiger partial charge in [0.05, 0.1) is 6.10 Å². The lowest BCUT2D eigenvalue weighted by molar-refractivity contribution is -0.203. The molecule has 0 aromatic carbocycles. The van der Waals surface area contributed by atoms with E-state index in [4.69, 9.17) is 9.47 Å². The highest BCUT2D eigenvalue weighted by Crippen LogP contribution is 2.68. The third-order valence-electron chi connectivity index (χ3n) is 9.86. The molecule has 1 N–H and O–H groups in total. The standard InChI is InChI=1S/C28H40O7/c1-5-7-24(33)35-28(22(31)16-34-23(32)6-2)13-11-20-19-9-8-17-14-18(29)10-12-26(17,3)25(19)21(30)15-27(20,28)4/h14,19-21,25,30H,5-13,15-16H2,1-4H3/t19-,20-,21-,25+,26-,27-,28-/m1/s1. The zero-order chi connectivity index (χ0) is 25.6. The Morgan fingerprint density at radius 3 is 2.51 bits per heavy atom. The molecule has 4 rings (SSSR count). The van der Waals surface area contributed by atoms with E-state index in [1.807, 2.05) is 13.8 Å². The maximum Gasteiger partial charge on any atom is 0.306 e. The van der Waals surface area contributed by atoms with Crippen molar-refractivity contribution in [2.24, 2.45) is 28.6 Å². The molecule has 194 valence electrons. The minimum atomic E-state index is -1.41. The van der Waals surface area contributed by atoms with Crippen molar-refractivity contribution >= 4 is 23.5 Å². The molecule has 0 bridgehead atoms. The van der Waals surface area contributed by atoms with E-state index in [0.29, 0.717) is 32.1 Å². The smallest absolute Gasteiger partial charge is 0.306 e. The maximum absolute atomic E-state index is 13.7. The summed E-state index contributed by atoms with van der Waals surface area (Å²) in [6, 6.07) is 0. The number of esters is 2. The first-order chi connectivity index (χ1) is 16.5. The SMILES string of the molecule is CCCC(=O)O[C@@]1(C(=O)COC(=O)CC)CC[C@@H]2[C@H]3CCC4=CC(=O)CC[C@@]4(C)[C@@H]3[C@H](O)C[C@]21C. The summed E-state index contributed by atoms with van der Waals surface area (Å²) < 4.78 is 11.3. The second kappa shape index (κ2) is 9.45. The zero-order valence-electron chi connectivity index (χ0n) is 21.6. The van der Waals surface area contributed by atoms with Gasteiger partial charge in [0, 0.05) is 24.7 Å². The summed E-state index contributed by atoms with van der Waals surface area (Å²) in [4.78, 5) is 50.4. The van der Waals surface area contributed by atoms with Gasteiger partial charge in [-0.25, -0.2) is 0 Å². The van der Waals surface area contributed by atoms with Crippen LogP contribution >= 0.6 is 0 Å². The van der Waals surface area contributed by atoms with Gasteiger partial charge >= 0.3 is 11.9 Å². The minimum Gasteiger partial charge on any atom is -0.457 e. The highest BCUT2D eigenvalue weighted by Gasteiger charge is 2.70. The molecule has 4 aliphatic carbocycles. The molecule has 0 spiro atoms. The highest BCUT2D eigenvalue weighted by molar-refractivity contribution is 5.93. The molecular formula is C28H40O7. The molecule has 3 fully saturated rings. The summed E-state index contributed by atoms with van der Waals surface area (Å²) >= 11 is 0. The molecule has 7 nitrogen and oxygen atoms in total. The fourth-order valence-electron chi connectivity index (χ4n) is 8.17. The van der Waals surface area contributed by atoms with Crippen molar-refractivity contribution < 1.29 is 33.8 Å². The number of rotatable bonds is 7. The molecule has 35 heavy (non-hydrogen) atoms. The van der Waals surface area contributed by atoms with Crippen LogP contribution in [0, 0.1) is 28.6 Å². The Kier molecular flexibility index (Phi) is 7.04. The van der Waals surface area contributed by atoms with Gasteiger partial charge in [0.25, 0.3) is 0 Å². The summed E-state index contributed by atoms with van der Waals surface area (Å²) in [5, 5.41) is 11.6.